The molecule has 0 fully saturated rings. The lowest BCUT2D eigenvalue weighted by molar-refractivity contribution is 0.0696. The maximum absolute atomic E-state index is 12.0. The third-order valence-corrected chi connectivity index (χ3v) is 4.27. The Balaban J connectivity index is 3.19. The first-order valence-corrected chi connectivity index (χ1v) is 7.23. The van der Waals surface area contributed by atoms with Gasteiger partial charge in [0.2, 0.25) is 10.0 Å². The number of carboxylic acids is 1. The van der Waals surface area contributed by atoms with Gasteiger partial charge in [0, 0.05) is 13.2 Å². The molecule has 0 amide bonds. The zero-order valence-corrected chi connectivity index (χ0v) is 11.6. The Bertz CT molecular complexity index is 580. The monoisotopic (exact) mass is 287 g/mol. The van der Waals surface area contributed by atoms with Crippen molar-refractivity contribution in [3.05, 3.63) is 28.8 Å². The molecule has 7 heteroatoms. The highest BCUT2D eigenvalue weighted by atomic mass is 32.2. The van der Waals surface area contributed by atoms with Gasteiger partial charge in [-0.1, -0.05) is 6.07 Å². The number of carbonyl (C=O) groups is 1. The van der Waals surface area contributed by atoms with Crippen LogP contribution in [0.4, 0.5) is 0 Å². The van der Waals surface area contributed by atoms with E-state index in [2.05, 4.69) is 4.72 Å². The van der Waals surface area contributed by atoms with Gasteiger partial charge in [-0.05, 0) is 37.5 Å². The highest BCUT2D eigenvalue weighted by molar-refractivity contribution is 7.89. The molecule has 0 aliphatic carbocycles. The van der Waals surface area contributed by atoms with Crippen molar-refractivity contribution in [3.63, 3.8) is 0 Å². The quantitative estimate of drug-likeness (QED) is 0.667. The van der Waals surface area contributed by atoms with Crippen LogP contribution in [0.1, 0.15) is 27.9 Å². The number of aryl methyl sites for hydroxylation is 2. The zero-order chi connectivity index (χ0) is 14.6. The SMILES string of the molecule is Cc1cc(C)c(S(=O)(=O)NCCCO)cc1C(=O)O. The Hall–Kier alpha value is -1.44. The first-order chi connectivity index (χ1) is 8.79. The molecule has 0 heterocycles. The molecular weight excluding hydrogens is 270 g/mol. The number of aromatic carboxylic acids is 1. The van der Waals surface area contributed by atoms with E-state index in [1.165, 1.54) is 6.07 Å². The predicted octanol–water partition coefficient (Wildman–Crippen LogP) is 0.662. The summed E-state index contributed by atoms with van der Waals surface area (Å²) in [7, 11) is -3.76. The van der Waals surface area contributed by atoms with Crippen LogP contribution in [-0.2, 0) is 10.0 Å². The maximum Gasteiger partial charge on any atom is 0.335 e. The van der Waals surface area contributed by atoms with E-state index in [-0.39, 0.29) is 23.6 Å². The number of rotatable bonds is 6. The van der Waals surface area contributed by atoms with Gasteiger partial charge in [0.1, 0.15) is 0 Å². The lowest BCUT2D eigenvalue weighted by Gasteiger charge is -2.11. The minimum Gasteiger partial charge on any atom is -0.478 e. The van der Waals surface area contributed by atoms with Crippen LogP contribution >= 0.6 is 0 Å². The van der Waals surface area contributed by atoms with Crippen LogP contribution in [0.15, 0.2) is 17.0 Å². The summed E-state index contributed by atoms with van der Waals surface area (Å²) in [6.45, 7) is 3.22. The Kier molecular flexibility index (Phi) is 5.04. The summed E-state index contributed by atoms with van der Waals surface area (Å²) in [5.41, 5.74) is 0.964. The molecule has 0 spiro atoms. The summed E-state index contributed by atoms with van der Waals surface area (Å²) in [6.07, 6.45) is 0.302. The molecule has 0 unspecified atom stereocenters. The first kappa shape index (κ1) is 15.6. The molecule has 1 rings (SSSR count). The molecule has 1 aromatic carbocycles. The normalized spacial score (nSPS) is 11.5. The molecule has 0 aliphatic heterocycles. The summed E-state index contributed by atoms with van der Waals surface area (Å²) in [5, 5.41) is 17.6. The first-order valence-electron chi connectivity index (χ1n) is 5.74. The largest absolute Gasteiger partial charge is 0.478 e. The summed E-state index contributed by atoms with van der Waals surface area (Å²) >= 11 is 0. The minimum absolute atomic E-state index is 0.0341. The third-order valence-electron chi connectivity index (χ3n) is 2.67. The molecule has 106 valence electrons. The van der Waals surface area contributed by atoms with Crippen molar-refractivity contribution in [2.24, 2.45) is 0 Å². The van der Waals surface area contributed by atoms with Crippen LogP contribution in [0.5, 0.6) is 0 Å². The summed E-state index contributed by atoms with van der Waals surface area (Å²) in [6, 6.07) is 2.69. The van der Waals surface area contributed by atoms with Crippen molar-refractivity contribution in [1.82, 2.24) is 4.72 Å². The number of sulfonamides is 1. The van der Waals surface area contributed by atoms with E-state index in [0.29, 0.717) is 17.5 Å². The maximum atomic E-state index is 12.0. The van der Waals surface area contributed by atoms with Crippen LogP contribution in [0, 0.1) is 13.8 Å². The summed E-state index contributed by atoms with van der Waals surface area (Å²) in [4.78, 5) is 11.0. The van der Waals surface area contributed by atoms with Crippen molar-refractivity contribution in [1.29, 1.82) is 0 Å². The van der Waals surface area contributed by atoms with Gasteiger partial charge in [-0.3, -0.25) is 0 Å². The topological polar surface area (TPSA) is 104 Å². The Morgan fingerprint density at radius 3 is 2.42 bits per heavy atom. The average Bonchev–Trinajstić information content (AvgIpc) is 2.28. The van der Waals surface area contributed by atoms with E-state index < -0.39 is 16.0 Å². The van der Waals surface area contributed by atoms with Gasteiger partial charge < -0.3 is 10.2 Å². The predicted molar refractivity (Wildman–Crippen MR) is 69.8 cm³/mol. The van der Waals surface area contributed by atoms with Crippen molar-refractivity contribution >= 4 is 16.0 Å². The highest BCUT2D eigenvalue weighted by Crippen LogP contribution is 2.20. The number of carboxylic acid groups (broad SMARTS) is 1. The van der Waals surface area contributed by atoms with E-state index in [1.54, 1.807) is 13.8 Å². The molecule has 1 aromatic rings. The Labute approximate surface area is 112 Å². The lowest BCUT2D eigenvalue weighted by atomic mass is 10.1. The average molecular weight is 287 g/mol. The second-order valence-electron chi connectivity index (χ2n) is 4.21. The molecule has 3 N–H and O–H groups in total. The van der Waals surface area contributed by atoms with Crippen LogP contribution < -0.4 is 4.72 Å². The molecule has 0 aromatic heterocycles. The van der Waals surface area contributed by atoms with Gasteiger partial charge in [-0.2, -0.15) is 0 Å². The van der Waals surface area contributed by atoms with Crippen LogP contribution in [0.2, 0.25) is 0 Å². The van der Waals surface area contributed by atoms with E-state index in [4.69, 9.17) is 10.2 Å². The second kappa shape index (κ2) is 6.14. The van der Waals surface area contributed by atoms with Gasteiger partial charge in [0.25, 0.3) is 0 Å². The van der Waals surface area contributed by atoms with E-state index >= 15 is 0 Å². The van der Waals surface area contributed by atoms with Crippen LogP contribution in [0.25, 0.3) is 0 Å². The zero-order valence-electron chi connectivity index (χ0n) is 10.8. The third kappa shape index (κ3) is 3.76. The van der Waals surface area contributed by atoms with Gasteiger partial charge in [-0.15, -0.1) is 0 Å². The van der Waals surface area contributed by atoms with Gasteiger partial charge in [0.15, 0.2) is 0 Å². The fourth-order valence-corrected chi connectivity index (χ4v) is 3.04. The van der Waals surface area contributed by atoms with E-state index in [9.17, 15) is 13.2 Å². The molecule has 0 bridgehead atoms. The number of aliphatic hydroxyl groups excluding tert-OH is 1. The molecule has 0 radical (unpaired) electrons. The van der Waals surface area contributed by atoms with Crippen LogP contribution in [-0.4, -0.2) is 37.8 Å². The van der Waals surface area contributed by atoms with Crippen molar-refractivity contribution in [3.8, 4) is 0 Å². The standard InChI is InChI=1S/C12H17NO5S/c1-8-6-9(2)11(7-10(8)12(15)16)19(17,18)13-4-3-5-14/h6-7,13-14H,3-5H2,1-2H3,(H,15,16). The van der Waals surface area contributed by atoms with Gasteiger partial charge in [-0.25, -0.2) is 17.9 Å². The molecule has 0 saturated carbocycles. The van der Waals surface area contributed by atoms with Gasteiger partial charge in [0.05, 0.1) is 10.5 Å². The van der Waals surface area contributed by atoms with E-state index in [1.807, 2.05) is 0 Å². The molecule has 0 aliphatic rings. The number of hydrogen-bond acceptors (Lipinski definition) is 4. The molecule has 19 heavy (non-hydrogen) atoms. The molecule has 0 atom stereocenters. The fraction of sp³-hybridized carbons (Fsp3) is 0.417. The fourth-order valence-electron chi connectivity index (χ4n) is 1.72. The Morgan fingerprint density at radius 1 is 1.26 bits per heavy atom. The van der Waals surface area contributed by atoms with E-state index in [0.717, 1.165) is 6.07 Å². The van der Waals surface area contributed by atoms with Crippen LogP contribution in [0.3, 0.4) is 0 Å². The van der Waals surface area contributed by atoms with Crippen molar-refractivity contribution in [2.45, 2.75) is 25.2 Å². The highest BCUT2D eigenvalue weighted by Gasteiger charge is 2.20. The molecular formula is C12H17NO5S. The Morgan fingerprint density at radius 2 is 1.89 bits per heavy atom. The van der Waals surface area contributed by atoms with Gasteiger partial charge >= 0.3 is 5.97 Å². The lowest BCUT2D eigenvalue weighted by Crippen LogP contribution is -2.26. The molecule has 6 nitrogen and oxygen atoms in total. The smallest absolute Gasteiger partial charge is 0.335 e. The molecule has 0 saturated heterocycles. The summed E-state index contributed by atoms with van der Waals surface area (Å²) < 4.78 is 26.4. The number of nitrogens with one attached hydrogen (secondary N) is 1. The summed E-state index contributed by atoms with van der Waals surface area (Å²) in [5.74, 6) is -1.16. The number of aliphatic hydroxyl groups is 1. The minimum atomic E-state index is -3.76. The van der Waals surface area contributed by atoms with Crippen molar-refractivity contribution in [2.75, 3.05) is 13.2 Å². The number of hydrogen-bond donors (Lipinski definition) is 3. The second-order valence-corrected chi connectivity index (χ2v) is 5.95. The van der Waals surface area contributed by atoms with Crippen molar-refractivity contribution < 1.29 is 23.4 Å². The number of benzene rings is 1.